The number of ether oxygens (including phenoxy) is 2. The van der Waals surface area contributed by atoms with Crippen molar-refractivity contribution in [1.29, 1.82) is 0 Å². The van der Waals surface area contributed by atoms with Crippen LogP contribution in [0.3, 0.4) is 0 Å². The highest BCUT2D eigenvalue weighted by Crippen LogP contribution is 2.16. The van der Waals surface area contributed by atoms with Crippen LogP contribution >= 0.6 is 0 Å². The molecule has 0 saturated carbocycles. The minimum Gasteiger partial charge on any atom is -0.497 e. The van der Waals surface area contributed by atoms with Crippen molar-refractivity contribution in [2.75, 3.05) is 19.0 Å². The molecular formula is C24H24N2O4. The number of methoxy groups -OCH3 is 1. The van der Waals surface area contributed by atoms with Gasteiger partial charge in [0.2, 0.25) is 5.91 Å². The van der Waals surface area contributed by atoms with Gasteiger partial charge in [0.05, 0.1) is 20.1 Å². The number of benzene rings is 3. The molecule has 0 aliphatic rings. The Morgan fingerprint density at radius 1 is 0.833 bits per heavy atom. The van der Waals surface area contributed by atoms with Gasteiger partial charge in [-0.2, -0.15) is 0 Å². The standard InChI is InChI=1S/C24H24N2O4/c1-29-21-13-11-20(12-14-21)26-24(28)19-9-7-18(8-10-19)17-25-23(27)15-16-30-22-5-3-2-4-6-22/h2-14H,15-17H2,1H3,(H,25,27)(H,26,28). The van der Waals surface area contributed by atoms with Crippen LogP contribution in [-0.4, -0.2) is 25.5 Å². The van der Waals surface area contributed by atoms with Gasteiger partial charge in [0.15, 0.2) is 0 Å². The van der Waals surface area contributed by atoms with Gasteiger partial charge in [-0.05, 0) is 54.1 Å². The predicted octanol–water partition coefficient (Wildman–Crippen LogP) is 4.03. The third-order valence-corrected chi connectivity index (χ3v) is 4.39. The van der Waals surface area contributed by atoms with E-state index in [-0.39, 0.29) is 18.2 Å². The number of para-hydroxylation sites is 1. The van der Waals surface area contributed by atoms with Gasteiger partial charge in [0.1, 0.15) is 11.5 Å². The lowest BCUT2D eigenvalue weighted by atomic mass is 10.1. The Bertz CT molecular complexity index is 955. The summed E-state index contributed by atoms with van der Waals surface area (Å²) >= 11 is 0. The molecule has 0 aliphatic heterocycles. The molecule has 154 valence electrons. The second-order valence-electron chi connectivity index (χ2n) is 6.57. The summed E-state index contributed by atoms with van der Waals surface area (Å²) in [4.78, 5) is 24.3. The maximum atomic E-state index is 12.4. The quantitative estimate of drug-likeness (QED) is 0.565. The molecule has 0 saturated heterocycles. The first-order chi connectivity index (χ1) is 14.6. The molecule has 3 aromatic carbocycles. The highest BCUT2D eigenvalue weighted by atomic mass is 16.5. The summed E-state index contributed by atoms with van der Waals surface area (Å²) in [6, 6.07) is 23.6. The van der Waals surface area contributed by atoms with Crippen LogP contribution < -0.4 is 20.1 Å². The Kier molecular flexibility index (Phi) is 7.44. The van der Waals surface area contributed by atoms with Crippen LogP contribution in [0.15, 0.2) is 78.9 Å². The largest absolute Gasteiger partial charge is 0.497 e. The molecule has 6 heteroatoms. The zero-order valence-electron chi connectivity index (χ0n) is 16.8. The van der Waals surface area contributed by atoms with Crippen molar-refractivity contribution in [2.24, 2.45) is 0 Å². The summed E-state index contributed by atoms with van der Waals surface area (Å²) in [7, 11) is 1.59. The molecule has 2 N–H and O–H groups in total. The molecule has 0 unspecified atom stereocenters. The second-order valence-corrected chi connectivity index (χ2v) is 6.57. The van der Waals surface area contributed by atoms with E-state index in [0.717, 1.165) is 17.1 Å². The molecule has 0 aromatic heterocycles. The van der Waals surface area contributed by atoms with Crippen molar-refractivity contribution in [3.05, 3.63) is 90.0 Å². The predicted molar refractivity (Wildman–Crippen MR) is 116 cm³/mol. The molecule has 0 heterocycles. The van der Waals surface area contributed by atoms with E-state index in [1.54, 1.807) is 43.5 Å². The van der Waals surface area contributed by atoms with Crippen LogP contribution in [0.1, 0.15) is 22.3 Å². The fraction of sp³-hybridized carbons (Fsp3) is 0.167. The smallest absolute Gasteiger partial charge is 0.255 e. The number of hydrogen-bond donors (Lipinski definition) is 2. The fourth-order valence-corrected chi connectivity index (χ4v) is 2.72. The van der Waals surface area contributed by atoms with Gasteiger partial charge in [0.25, 0.3) is 5.91 Å². The highest BCUT2D eigenvalue weighted by molar-refractivity contribution is 6.04. The first kappa shape index (κ1) is 20.9. The molecule has 0 spiro atoms. The number of amides is 2. The van der Waals surface area contributed by atoms with Gasteiger partial charge in [-0.25, -0.2) is 0 Å². The van der Waals surface area contributed by atoms with Gasteiger partial charge in [-0.3, -0.25) is 9.59 Å². The molecule has 3 aromatic rings. The monoisotopic (exact) mass is 404 g/mol. The van der Waals surface area contributed by atoms with E-state index in [0.29, 0.717) is 24.4 Å². The molecule has 2 amide bonds. The molecule has 3 rings (SSSR count). The third-order valence-electron chi connectivity index (χ3n) is 4.39. The van der Waals surface area contributed by atoms with Gasteiger partial charge in [0, 0.05) is 17.8 Å². The van der Waals surface area contributed by atoms with E-state index in [1.165, 1.54) is 0 Å². The highest BCUT2D eigenvalue weighted by Gasteiger charge is 2.07. The lowest BCUT2D eigenvalue weighted by Crippen LogP contribution is -2.24. The van der Waals surface area contributed by atoms with Crippen molar-refractivity contribution in [3.63, 3.8) is 0 Å². The Balaban J connectivity index is 1.42. The molecule has 0 bridgehead atoms. The lowest BCUT2D eigenvalue weighted by Gasteiger charge is -2.09. The average Bonchev–Trinajstić information content (AvgIpc) is 2.79. The van der Waals surface area contributed by atoms with Crippen molar-refractivity contribution < 1.29 is 19.1 Å². The van der Waals surface area contributed by atoms with Crippen LogP contribution in [0.4, 0.5) is 5.69 Å². The maximum Gasteiger partial charge on any atom is 0.255 e. The zero-order chi connectivity index (χ0) is 21.2. The summed E-state index contributed by atoms with van der Waals surface area (Å²) in [5.74, 6) is 1.18. The fourth-order valence-electron chi connectivity index (χ4n) is 2.72. The van der Waals surface area contributed by atoms with Gasteiger partial charge < -0.3 is 20.1 Å². The van der Waals surface area contributed by atoms with E-state index in [2.05, 4.69) is 10.6 Å². The minimum atomic E-state index is -0.200. The van der Waals surface area contributed by atoms with E-state index in [4.69, 9.17) is 9.47 Å². The van der Waals surface area contributed by atoms with Gasteiger partial charge in [-0.1, -0.05) is 30.3 Å². The molecule has 0 fully saturated rings. The first-order valence-electron chi connectivity index (χ1n) is 9.63. The SMILES string of the molecule is COc1ccc(NC(=O)c2ccc(CNC(=O)CCOc3ccccc3)cc2)cc1. The molecular weight excluding hydrogens is 380 g/mol. The number of carbonyl (C=O) groups excluding carboxylic acids is 2. The molecule has 30 heavy (non-hydrogen) atoms. The first-order valence-corrected chi connectivity index (χ1v) is 9.63. The van der Waals surface area contributed by atoms with Crippen molar-refractivity contribution in [1.82, 2.24) is 5.32 Å². The third kappa shape index (κ3) is 6.38. The van der Waals surface area contributed by atoms with E-state index in [9.17, 15) is 9.59 Å². The van der Waals surface area contributed by atoms with Gasteiger partial charge in [-0.15, -0.1) is 0 Å². The van der Waals surface area contributed by atoms with Crippen molar-refractivity contribution in [2.45, 2.75) is 13.0 Å². The van der Waals surface area contributed by atoms with Crippen LogP contribution in [0.25, 0.3) is 0 Å². The molecule has 0 aliphatic carbocycles. The molecule has 6 nitrogen and oxygen atoms in total. The number of rotatable bonds is 9. The van der Waals surface area contributed by atoms with Crippen LogP contribution in [0, 0.1) is 0 Å². The van der Waals surface area contributed by atoms with E-state index in [1.807, 2.05) is 42.5 Å². The summed E-state index contributed by atoms with van der Waals surface area (Å²) in [5, 5.41) is 5.69. The van der Waals surface area contributed by atoms with Crippen LogP contribution in [0.5, 0.6) is 11.5 Å². The second kappa shape index (κ2) is 10.7. The van der Waals surface area contributed by atoms with Crippen LogP contribution in [-0.2, 0) is 11.3 Å². The Morgan fingerprint density at radius 3 is 2.20 bits per heavy atom. The normalized spacial score (nSPS) is 10.2. The zero-order valence-corrected chi connectivity index (χ0v) is 16.8. The van der Waals surface area contributed by atoms with E-state index >= 15 is 0 Å². The topological polar surface area (TPSA) is 76.7 Å². The Hall–Kier alpha value is -3.80. The van der Waals surface area contributed by atoms with E-state index < -0.39 is 0 Å². The maximum absolute atomic E-state index is 12.4. The Morgan fingerprint density at radius 2 is 1.53 bits per heavy atom. The van der Waals surface area contributed by atoms with Crippen molar-refractivity contribution >= 4 is 17.5 Å². The molecule has 0 atom stereocenters. The summed E-state index contributed by atoms with van der Waals surface area (Å²) < 4.78 is 10.6. The number of carbonyl (C=O) groups is 2. The number of anilines is 1. The Labute approximate surface area is 175 Å². The lowest BCUT2D eigenvalue weighted by molar-refractivity contribution is -0.121. The average molecular weight is 404 g/mol. The number of hydrogen-bond acceptors (Lipinski definition) is 4. The van der Waals surface area contributed by atoms with Crippen LogP contribution in [0.2, 0.25) is 0 Å². The summed E-state index contributed by atoms with van der Waals surface area (Å²) in [6.07, 6.45) is 0.275. The molecule has 0 radical (unpaired) electrons. The summed E-state index contributed by atoms with van der Waals surface area (Å²) in [6.45, 7) is 0.713. The number of nitrogens with one attached hydrogen (secondary N) is 2. The minimum absolute atomic E-state index is 0.0905. The van der Waals surface area contributed by atoms with Crippen molar-refractivity contribution in [3.8, 4) is 11.5 Å². The van der Waals surface area contributed by atoms with Gasteiger partial charge >= 0.3 is 0 Å². The summed E-state index contributed by atoms with van der Waals surface area (Å²) in [5.41, 5.74) is 2.14.